The van der Waals surface area contributed by atoms with E-state index in [9.17, 15) is 9.59 Å². The van der Waals surface area contributed by atoms with Gasteiger partial charge in [-0.2, -0.15) is 0 Å². The number of hydrogen-bond donors (Lipinski definition) is 1. The smallest absolute Gasteiger partial charge is 0.320 e. The Morgan fingerprint density at radius 1 is 1.56 bits per heavy atom. The minimum Gasteiger partial charge on any atom is -0.480 e. The van der Waals surface area contributed by atoms with Gasteiger partial charge in [0.2, 0.25) is 0 Å². The van der Waals surface area contributed by atoms with Crippen LogP contribution in [0.3, 0.4) is 0 Å². The molecule has 1 heterocycles. The van der Waals surface area contributed by atoms with Crippen LogP contribution in [0.1, 0.15) is 26.2 Å². The average Bonchev–Trinajstić information content (AvgIpc) is 2.29. The third-order valence-electron chi connectivity index (χ3n) is 3.10. The molecule has 1 rings (SSSR count). The number of carbonyl (C=O) groups is 2. The molecule has 1 N–H and O–H groups in total. The fraction of sp³-hybridized carbons (Fsp3) is 0.818. The lowest BCUT2D eigenvalue weighted by Gasteiger charge is -2.34. The van der Waals surface area contributed by atoms with E-state index in [0.29, 0.717) is 13.0 Å². The molecule has 0 aromatic rings. The van der Waals surface area contributed by atoms with Crippen LogP contribution in [0.2, 0.25) is 0 Å². The Morgan fingerprint density at radius 3 is 2.75 bits per heavy atom. The number of carboxylic acid groups (broad SMARTS) is 1. The summed E-state index contributed by atoms with van der Waals surface area (Å²) < 4.78 is 4.70. The van der Waals surface area contributed by atoms with E-state index in [4.69, 9.17) is 9.84 Å². The van der Waals surface area contributed by atoms with Crippen LogP contribution in [0.25, 0.3) is 0 Å². The molecule has 5 nitrogen and oxygen atoms in total. The maximum atomic E-state index is 11.4. The van der Waals surface area contributed by atoms with Crippen molar-refractivity contribution in [2.75, 3.05) is 20.2 Å². The van der Waals surface area contributed by atoms with Gasteiger partial charge >= 0.3 is 11.9 Å². The number of esters is 1. The first-order valence-corrected chi connectivity index (χ1v) is 5.64. The van der Waals surface area contributed by atoms with Crippen molar-refractivity contribution in [1.29, 1.82) is 0 Å². The Kier molecular flexibility index (Phi) is 4.73. The topological polar surface area (TPSA) is 66.8 Å². The number of carbonyl (C=O) groups excluding carboxylic acids is 1. The van der Waals surface area contributed by atoms with Gasteiger partial charge in [0.1, 0.15) is 6.04 Å². The van der Waals surface area contributed by atoms with Gasteiger partial charge in [-0.3, -0.25) is 14.5 Å². The minimum absolute atomic E-state index is 0.174. The van der Waals surface area contributed by atoms with Crippen molar-refractivity contribution in [2.45, 2.75) is 32.2 Å². The van der Waals surface area contributed by atoms with Crippen LogP contribution < -0.4 is 0 Å². The molecular weight excluding hydrogens is 210 g/mol. The molecular formula is C11H19NO4. The third kappa shape index (κ3) is 2.95. The summed E-state index contributed by atoms with van der Waals surface area (Å²) in [5.41, 5.74) is 0. The number of rotatable bonds is 4. The molecule has 1 fully saturated rings. The van der Waals surface area contributed by atoms with Crippen LogP contribution in [0.5, 0.6) is 0 Å². The number of methoxy groups -OCH3 is 1. The lowest BCUT2D eigenvalue weighted by atomic mass is 9.96. The molecule has 0 aromatic heterocycles. The molecule has 0 amide bonds. The first-order chi connectivity index (χ1) is 7.60. The molecule has 16 heavy (non-hydrogen) atoms. The van der Waals surface area contributed by atoms with E-state index in [0.717, 1.165) is 19.4 Å². The molecule has 1 saturated heterocycles. The fourth-order valence-corrected chi connectivity index (χ4v) is 2.24. The predicted octanol–water partition coefficient (Wildman–Crippen LogP) is 0.735. The number of hydrogen-bond acceptors (Lipinski definition) is 4. The standard InChI is InChI=1S/C11H19NO4/c1-3-9(10(13)14)12-6-4-5-8(7-12)11(15)16-2/h8-9H,3-7H2,1-2H3,(H,13,14). The van der Waals surface area contributed by atoms with Crippen molar-refractivity contribution in [2.24, 2.45) is 5.92 Å². The number of carboxylic acids is 1. The Labute approximate surface area is 95.4 Å². The Morgan fingerprint density at radius 2 is 2.25 bits per heavy atom. The quantitative estimate of drug-likeness (QED) is 0.720. The highest BCUT2D eigenvalue weighted by Crippen LogP contribution is 2.20. The molecule has 0 aliphatic carbocycles. The van der Waals surface area contributed by atoms with Gasteiger partial charge in [0.05, 0.1) is 13.0 Å². The summed E-state index contributed by atoms with van der Waals surface area (Å²) in [5, 5.41) is 9.05. The van der Waals surface area contributed by atoms with Gasteiger partial charge in [-0.25, -0.2) is 0 Å². The Hall–Kier alpha value is -1.10. The minimum atomic E-state index is -0.812. The summed E-state index contributed by atoms with van der Waals surface area (Å²) in [7, 11) is 1.37. The highest BCUT2D eigenvalue weighted by atomic mass is 16.5. The lowest BCUT2D eigenvalue weighted by Crippen LogP contribution is -2.48. The second kappa shape index (κ2) is 5.84. The summed E-state index contributed by atoms with van der Waals surface area (Å²) in [6, 6.07) is -0.479. The van der Waals surface area contributed by atoms with Crippen molar-refractivity contribution in [3.05, 3.63) is 0 Å². The molecule has 1 aliphatic heterocycles. The average molecular weight is 229 g/mol. The van der Waals surface area contributed by atoms with E-state index in [-0.39, 0.29) is 11.9 Å². The predicted molar refractivity (Wildman–Crippen MR) is 58.0 cm³/mol. The van der Waals surface area contributed by atoms with Crippen molar-refractivity contribution in [3.8, 4) is 0 Å². The van der Waals surface area contributed by atoms with E-state index in [1.54, 1.807) is 0 Å². The van der Waals surface area contributed by atoms with Crippen LogP contribution in [0.4, 0.5) is 0 Å². The Balaban J connectivity index is 2.62. The van der Waals surface area contributed by atoms with Gasteiger partial charge in [-0.15, -0.1) is 0 Å². The number of likely N-dealkylation sites (tertiary alicyclic amines) is 1. The molecule has 0 radical (unpaired) electrons. The van der Waals surface area contributed by atoms with E-state index >= 15 is 0 Å². The van der Waals surface area contributed by atoms with Gasteiger partial charge in [-0.05, 0) is 25.8 Å². The zero-order valence-corrected chi connectivity index (χ0v) is 9.81. The van der Waals surface area contributed by atoms with E-state index < -0.39 is 12.0 Å². The number of ether oxygens (including phenoxy) is 1. The molecule has 1 aliphatic rings. The summed E-state index contributed by atoms with van der Waals surface area (Å²) in [6.45, 7) is 3.09. The van der Waals surface area contributed by atoms with E-state index in [1.165, 1.54) is 7.11 Å². The number of aliphatic carboxylic acids is 1. The maximum Gasteiger partial charge on any atom is 0.320 e. The van der Waals surface area contributed by atoms with Crippen molar-refractivity contribution >= 4 is 11.9 Å². The Bertz CT molecular complexity index is 267. The summed E-state index contributed by atoms with van der Waals surface area (Å²) >= 11 is 0. The van der Waals surface area contributed by atoms with Crippen molar-refractivity contribution in [3.63, 3.8) is 0 Å². The molecule has 5 heteroatoms. The van der Waals surface area contributed by atoms with Crippen molar-refractivity contribution in [1.82, 2.24) is 4.90 Å². The lowest BCUT2D eigenvalue weighted by molar-refractivity contribution is -0.151. The van der Waals surface area contributed by atoms with Crippen LogP contribution in [0, 0.1) is 5.92 Å². The fourth-order valence-electron chi connectivity index (χ4n) is 2.24. The molecule has 2 unspecified atom stereocenters. The zero-order chi connectivity index (χ0) is 12.1. The maximum absolute atomic E-state index is 11.4. The third-order valence-corrected chi connectivity index (χ3v) is 3.10. The van der Waals surface area contributed by atoms with Crippen LogP contribution in [0.15, 0.2) is 0 Å². The second-order valence-corrected chi connectivity index (χ2v) is 4.12. The normalized spacial score (nSPS) is 23.8. The van der Waals surface area contributed by atoms with Gasteiger partial charge in [0.25, 0.3) is 0 Å². The van der Waals surface area contributed by atoms with E-state index in [2.05, 4.69) is 0 Å². The molecule has 0 aromatic carbocycles. The van der Waals surface area contributed by atoms with Gasteiger partial charge < -0.3 is 9.84 Å². The molecule has 92 valence electrons. The molecule has 0 saturated carbocycles. The van der Waals surface area contributed by atoms with Gasteiger partial charge in [0, 0.05) is 6.54 Å². The zero-order valence-electron chi connectivity index (χ0n) is 9.81. The first-order valence-electron chi connectivity index (χ1n) is 5.64. The van der Waals surface area contributed by atoms with Crippen LogP contribution in [-0.2, 0) is 14.3 Å². The molecule has 0 bridgehead atoms. The number of piperidine rings is 1. The van der Waals surface area contributed by atoms with E-state index in [1.807, 2.05) is 11.8 Å². The summed E-state index contributed by atoms with van der Waals surface area (Å²) in [4.78, 5) is 24.3. The van der Waals surface area contributed by atoms with Gasteiger partial charge in [0.15, 0.2) is 0 Å². The first kappa shape index (κ1) is 13.0. The second-order valence-electron chi connectivity index (χ2n) is 4.12. The highest BCUT2D eigenvalue weighted by molar-refractivity contribution is 5.74. The number of nitrogens with zero attached hydrogens (tertiary/aromatic N) is 1. The monoisotopic (exact) mass is 229 g/mol. The summed E-state index contributed by atoms with van der Waals surface area (Å²) in [6.07, 6.45) is 2.20. The van der Waals surface area contributed by atoms with Crippen LogP contribution in [-0.4, -0.2) is 48.2 Å². The SMILES string of the molecule is CCC(C(=O)O)N1CCCC(C(=O)OC)C1. The molecule has 0 spiro atoms. The van der Waals surface area contributed by atoms with Crippen molar-refractivity contribution < 1.29 is 19.4 Å². The van der Waals surface area contributed by atoms with Gasteiger partial charge in [-0.1, -0.05) is 6.92 Å². The molecule has 2 atom stereocenters. The van der Waals surface area contributed by atoms with Crippen LogP contribution >= 0.6 is 0 Å². The largest absolute Gasteiger partial charge is 0.480 e. The highest BCUT2D eigenvalue weighted by Gasteiger charge is 2.32. The summed E-state index contributed by atoms with van der Waals surface area (Å²) in [5.74, 6) is -1.22.